The minimum atomic E-state index is -0.315. The van der Waals surface area contributed by atoms with Gasteiger partial charge in [-0.3, -0.25) is 0 Å². The van der Waals surface area contributed by atoms with Gasteiger partial charge in [0.1, 0.15) is 0 Å². The Morgan fingerprint density at radius 3 is 1.90 bits per heavy atom. The number of esters is 1. The Balaban J connectivity index is 3.02. The number of carbonyl (C=O) groups excluding carboxylic acids is 1. The minimum absolute atomic E-state index is 0.0507. The third-order valence-electron chi connectivity index (χ3n) is 3.48. The van der Waals surface area contributed by atoms with Crippen molar-refractivity contribution in [1.82, 2.24) is 0 Å². The van der Waals surface area contributed by atoms with E-state index in [-0.39, 0.29) is 19.9 Å². The van der Waals surface area contributed by atoms with Gasteiger partial charge in [0, 0.05) is 6.08 Å². The van der Waals surface area contributed by atoms with Gasteiger partial charge in [0.2, 0.25) is 0 Å². The fourth-order valence-corrected chi connectivity index (χ4v) is 4.10. The molecule has 0 amide bonds. The van der Waals surface area contributed by atoms with Crippen LogP contribution in [0.25, 0.3) is 0 Å². The Morgan fingerprint density at radius 2 is 1.43 bits per heavy atom. The maximum absolute atomic E-state index is 10.8. The number of halogens is 2. The molecule has 0 bridgehead atoms. The first-order chi connectivity index (χ1) is 10.2. The first-order valence-electron chi connectivity index (χ1n) is 8.24. The van der Waals surface area contributed by atoms with Crippen LogP contribution in [0.15, 0.2) is 12.7 Å². The first kappa shape index (κ1) is 21.0. The molecule has 0 aromatic rings. The molecule has 0 fully saturated rings. The van der Waals surface area contributed by atoms with Crippen molar-refractivity contribution in [2.45, 2.75) is 74.7 Å². The Labute approximate surface area is 142 Å². The lowest BCUT2D eigenvalue weighted by Crippen LogP contribution is -2.01. The summed E-state index contributed by atoms with van der Waals surface area (Å²) in [5.74, 6) is -0.315. The molecule has 0 rings (SSSR count). The van der Waals surface area contributed by atoms with E-state index in [4.69, 9.17) is 27.9 Å². The Kier molecular flexibility index (Phi) is 16.4. The zero-order valence-electron chi connectivity index (χ0n) is 13.1. The van der Waals surface area contributed by atoms with Gasteiger partial charge < -0.3 is 4.74 Å². The van der Waals surface area contributed by atoms with Crippen LogP contribution >= 0.6 is 23.2 Å². The molecule has 0 saturated heterocycles. The van der Waals surface area contributed by atoms with Crippen molar-refractivity contribution in [3.8, 4) is 0 Å². The van der Waals surface area contributed by atoms with E-state index in [1.54, 1.807) is 0 Å². The summed E-state index contributed by atoms with van der Waals surface area (Å²) >= 11 is 11.5. The molecule has 5 heteroatoms. The van der Waals surface area contributed by atoms with E-state index in [1.807, 2.05) is 0 Å². The maximum atomic E-state index is 10.8. The molecular formula is C16H30Cl2O2Si. The van der Waals surface area contributed by atoms with E-state index in [0.29, 0.717) is 6.61 Å². The van der Waals surface area contributed by atoms with Gasteiger partial charge in [-0.05, 0) is 6.42 Å². The molecule has 0 aliphatic heterocycles. The normalized spacial score (nSPS) is 11.4. The van der Waals surface area contributed by atoms with Crippen molar-refractivity contribution in [2.75, 3.05) is 6.61 Å². The van der Waals surface area contributed by atoms with Crippen LogP contribution in [0.2, 0.25) is 6.04 Å². The molecule has 21 heavy (non-hydrogen) atoms. The highest BCUT2D eigenvalue weighted by Gasteiger charge is 1.99. The molecule has 0 aliphatic carbocycles. The van der Waals surface area contributed by atoms with Crippen molar-refractivity contribution in [2.24, 2.45) is 0 Å². The number of ether oxygens (including phenoxy) is 1. The zero-order chi connectivity index (χ0) is 15.8. The van der Waals surface area contributed by atoms with E-state index in [0.717, 1.165) is 12.8 Å². The number of rotatable bonds is 15. The average molecular weight is 353 g/mol. The van der Waals surface area contributed by atoms with Gasteiger partial charge in [-0.1, -0.05) is 70.4 Å². The van der Waals surface area contributed by atoms with E-state index >= 15 is 0 Å². The largest absolute Gasteiger partial charge is 0.463 e. The quantitative estimate of drug-likeness (QED) is 0.137. The SMILES string of the molecule is C=CC(=O)OCCCCCCCCCCCC[SiH2]C(Cl)Cl. The van der Waals surface area contributed by atoms with Crippen molar-refractivity contribution < 1.29 is 9.53 Å². The third-order valence-corrected chi connectivity index (χ3v) is 6.13. The summed E-state index contributed by atoms with van der Waals surface area (Å²) in [6.45, 7) is 3.89. The van der Waals surface area contributed by atoms with Crippen LogP contribution in [-0.4, -0.2) is 26.6 Å². The monoisotopic (exact) mass is 352 g/mol. The van der Waals surface area contributed by atoms with Gasteiger partial charge in [0.25, 0.3) is 0 Å². The molecule has 0 radical (unpaired) electrons. The van der Waals surface area contributed by atoms with Gasteiger partial charge in [-0.25, -0.2) is 4.79 Å². The van der Waals surface area contributed by atoms with Crippen LogP contribution in [0.3, 0.4) is 0 Å². The van der Waals surface area contributed by atoms with Crippen molar-refractivity contribution in [1.29, 1.82) is 0 Å². The highest BCUT2D eigenvalue weighted by Crippen LogP contribution is 2.12. The minimum Gasteiger partial charge on any atom is -0.463 e. The van der Waals surface area contributed by atoms with Gasteiger partial charge in [-0.2, -0.15) is 0 Å². The first-order valence-corrected chi connectivity index (χ1v) is 10.9. The molecule has 0 unspecified atom stereocenters. The Hall–Kier alpha value is 0.00688. The summed E-state index contributed by atoms with van der Waals surface area (Å²) < 4.78 is 4.88. The van der Waals surface area contributed by atoms with E-state index < -0.39 is 0 Å². The predicted molar refractivity (Wildman–Crippen MR) is 96.2 cm³/mol. The summed E-state index contributed by atoms with van der Waals surface area (Å²) in [4.78, 5) is 10.8. The lowest BCUT2D eigenvalue weighted by atomic mass is 10.1. The average Bonchev–Trinajstić information content (AvgIpc) is 2.46. The van der Waals surface area contributed by atoms with Gasteiger partial charge >= 0.3 is 5.97 Å². The predicted octanol–water partition coefficient (Wildman–Crippen LogP) is 4.96. The van der Waals surface area contributed by atoms with E-state index in [2.05, 4.69) is 6.58 Å². The fourth-order valence-electron chi connectivity index (χ4n) is 2.22. The van der Waals surface area contributed by atoms with E-state index in [9.17, 15) is 4.79 Å². The number of unbranched alkanes of at least 4 members (excludes halogenated alkanes) is 9. The molecule has 0 spiro atoms. The second kappa shape index (κ2) is 16.4. The topological polar surface area (TPSA) is 26.3 Å². The van der Waals surface area contributed by atoms with Crippen molar-refractivity contribution in [3.05, 3.63) is 12.7 Å². The summed E-state index contributed by atoms with van der Waals surface area (Å²) in [7, 11) is -0.225. The molecule has 0 aromatic carbocycles. The lowest BCUT2D eigenvalue weighted by Gasteiger charge is -2.04. The van der Waals surface area contributed by atoms with E-state index in [1.165, 1.54) is 63.5 Å². The zero-order valence-corrected chi connectivity index (χ0v) is 16.1. The van der Waals surface area contributed by atoms with Crippen molar-refractivity contribution >= 4 is 38.7 Å². The van der Waals surface area contributed by atoms with Crippen LogP contribution < -0.4 is 0 Å². The van der Waals surface area contributed by atoms with Crippen LogP contribution in [0.1, 0.15) is 64.2 Å². The summed E-state index contributed by atoms with van der Waals surface area (Å²) in [5, 5.41) is 0. The second-order valence-electron chi connectivity index (χ2n) is 5.44. The lowest BCUT2D eigenvalue weighted by molar-refractivity contribution is -0.137. The molecular weight excluding hydrogens is 323 g/mol. The summed E-state index contributed by atoms with van der Waals surface area (Å²) in [6, 6.07) is 1.29. The number of hydrogen-bond acceptors (Lipinski definition) is 2. The fraction of sp³-hybridized carbons (Fsp3) is 0.812. The second-order valence-corrected chi connectivity index (χ2v) is 9.85. The van der Waals surface area contributed by atoms with Crippen LogP contribution in [0.4, 0.5) is 0 Å². The smallest absolute Gasteiger partial charge is 0.330 e. The molecule has 0 aromatic heterocycles. The number of carbonyl (C=O) groups is 1. The Bertz CT molecular complexity index is 261. The molecule has 0 atom stereocenters. The standard InChI is InChI=1S/C16H30Cl2O2Si/c1-2-15(19)20-13-11-9-7-5-3-4-6-8-10-12-14-21-16(17)18/h2,16H,1,3-14,21H2. The van der Waals surface area contributed by atoms with Gasteiger partial charge in [-0.15, -0.1) is 23.2 Å². The van der Waals surface area contributed by atoms with Gasteiger partial charge in [0.15, 0.2) is 0 Å². The molecule has 0 heterocycles. The number of alkyl halides is 2. The number of hydrogen-bond donors (Lipinski definition) is 0. The molecule has 0 aliphatic rings. The van der Waals surface area contributed by atoms with Gasteiger partial charge in [0.05, 0.1) is 20.6 Å². The Morgan fingerprint density at radius 1 is 0.952 bits per heavy atom. The van der Waals surface area contributed by atoms with Crippen LogP contribution in [0, 0.1) is 0 Å². The highest BCUT2D eigenvalue weighted by molar-refractivity contribution is 6.68. The summed E-state index contributed by atoms with van der Waals surface area (Å²) in [5.41, 5.74) is 0. The highest BCUT2D eigenvalue weighted by atomic mass is 35.5. The third kappa shape index (κ3) is 18.0. The van der Waals surface area contributed by atoms with Crippen molar-refractivity contribution in [3.63, 3.8) is 0 Å². The molecule has 124 valence electrons. The molecule has 0 N–H and O–H groups in total. The van der Waals surface area contributed by atoms with Crippen LogP contribution in [-0.2, 0) is 9.53 Å². The maximum Gasteiger partial charge on any atom is 0.330 e. The molecule has 0 saturated carbocycles. The summed E-state index contributed by atoms with van der Waals surface area (Å²) in [6.07, 6.45) is 13.9. The van der Waals surface area contributed by atoms with Crippen LogP contribution in [0.5, 0.6) is 0 Å². The molecule has 2 nitrogen and oxygen atoms in total.